The highest BCUT2D eigenvalue weighted by molar-refractivity contribution is 9.10. The zero-order valence-corrected chi connectivity index (χ0v) is 13.3. The molecule has 0 fully saturated rings. The van der Waals surface area contributed by atoms with Crippen LogP contribution in [0.25, 0.3) is 0 Å². The molecule has 1 N–H and O–H groups in total. The second-order valence-electron chi connectivity index (χ2n) is 4.28. The van der Waals surface area contributed by atoms with Crippen LogP contribution in [0.5, 0.6) is 5.75 Å². The topological polar surface area (TPSA) is 39.7 Å². The van der Waals surface area contributed by atoms with Gasteiger partial charge in [-0.05, 0) is 25.1 Å². The smallest absolute Gasteiger partial charge is 0.124 e. The summed E-state index contributed by atoms with van der Waals surface area (Å²) in [5.41, 5.74) is 1.12. The number of hydrogen-bond donors (Lipinski definition) is 1. The molecule has 0 spiro atoms. The molecule has 5 heteroatoms. The van der Waals surface area contributed by atoms with E-state index >= 15 is 0 Å². The van der Waals surface area contributed by atoms with Gasteiger partial charge in [0.15, 0.2) is 0 Å². The largest absolute Gasteiger partial charge is 0.491 e. The Labute approximate surface area is 123 Å². The van der Waals surface area contributed by atoms with E-state index in [2.05, 4.69) is 27.3 Å². The highest BCUT2D eigenvalue weighted by Gasteiger charge is 2.07. The third-order valence-electron chi connectivity index (χ3n) is 2.70. The van der Waals surface area contributed by atoms with Crippen LogP contribution in [0.15, 0.2) is 22.7 Å². The van der Waals surface area contributed by atoms with Gasteiger partial charge in [0.05, 0.1) is 12.7 Å². The van der Waals surface area contributed by atoms with Crippen LogP contribution in [-0.4, -0.2) is 40.1 Å². The summed E-state index contributed by atoms with van der Waals surface area (Å²) in [6, 6.07) is 6.01. The quantitative estimate of drug-likeness (QED) is 0.706. The Morgan fingerprint density at radius 3 is 2.79 bits per heavy atom. The average Bonchev–Trinajstić information content (AvgIpc) is 2.42. The molecule has 0 heterocycles. The maximum absolute atomic E-state index is 5.78. The van der Waals surface area contributed by atoms with E-state index in [1.807, 2.05) is 19.1 Å². The van der Waals surface area contributed by atoms with Crippen molar-refractivity contribution in [3.63, 3.8) is 0 Å². The first-order valence-electron chi connectivity index (χ1n) is 6.31. The molecule has 0 aliphatic rings. The molecule has 0 aliphatic carbocycles. The van der Waals surface area contributed by atoms with Crippen molar-refractivity contribution in [2.75, 3.05) is 34.0 Å². The van der Waals surface area contributed by atoms with E-state index in [1.165, 1.54) is 0 Å². The van der Waals surface area contributed by atoms with Crippen molar-refractivity contribution in [2.45, 2.75) is 19.6 Å². The number of benzene rings is 1. The first-order chi connectivity index (χ1) is 9.17. The van der Waals surface area contributed by atoms with Crippen LogP contribution >= 0.6 is 15.9 Å². The number of rotatable bonds is 9. The Morgan fingerprint density at radius 1 is 1.32 bits per heavy atom. The molecule has 1 unspecified atom stereocenters. The van der Waals surface area contributed by atoms with Crippen LogP contribution in [0.2, 0.25) is 0 Å². The number of methoxy groups -OCH3 is 2. The van der Waals surface area contributed by atoms with Gasteiger partial charge in [0.25, 0.3) is 0 Å². The Hall–Kier alpha value is -0.620. The molecule has 1 aromatic carbocycles. The zero-order valence-electron chi connectivity index (χ0n) is 11.7. The third-order valence-corrected chi connectivity index (χ3v) is 3.19. The van der Waals surface area contributed by atoms with Gasteiger partial charge in [-0.25, -0.2) is 0 Å². The van der Waals surface area contributed by atoms with Gasteiger partial charge in [0, 0.05) is 37.3 Å². The van der Waals surface area contributed by atoms with Crippen molar-refractivity contribution in [1.29, 1.82) is 0 Å². The van der Waals surface area contributed by atoms with E-state index in [9.17, 15) is 0 Å². The lowest BCUT2D eigenvalue weighted by Gasteiger charge is -2.15. The van der Waals surface area contributed by atoms with E-state index in [4.69, 9.17) is 14.2 Å². The summed E-state index contributed by atoms with van der Waals surface area (Å²) in [6.45, 7) is 4.79. The molecule has 0 bridgehead atoms. The maximum atomic E-state index is 5.78. The Bertz CT molecular complexity index is 374. The predicted molar refractivity (Wildman–Crippen MR) is 79.7 cm³/mol. The van der Waals surface area contributed by atoms with Gasteiger partial charge in [-0.15, -0.1) is 0 Å². The summed E-state index contributed by atoms with van der Waals surface area (Å²) >= 11 is 3.48. The van der Waals surface area contributed by atoms with E-state index in [0.29, 0.717) is 13.2 Å². The minimum Gasteiger partial charge on any atom is -0.491 e. The fraction of sp³-hybridized carbons (Fsp3) is 0.571. The maximum Gasteiger partial charge on any atom is 0.124 e. The summed E-state index contributed by atoms with van der Waals surface area (Å²) in [5.74, 6) is 0.886. The Kier molecular flexibility index (Phi) is 8.05. The number of halogens is 1. The van der Waals surface area contributed by atoms with Crippen LogP contribution in [-0.2, 0) is 16.0 Å². The van der Waals surface area contributed by atoms with Crippen LogP contribution in [0.4, 0.5) is 0 Å². The van der Waals surface area contributed by atoms with E-state index in [1.54, 1.807) is 14.2 Å². The zero-order chi connectivity index (χ0) is 14.1. The van der Waals surface area contributed by atoms with E-state index in [-0.39, 0.29) is 6.10 Å². The van der Waals surface area contributed by atoms with Gasteiger partial charge in [0.2, 0.25) is 0 Å². The normalized spacial score (nSPS) is 12.4. The SMILES string of the molecule is COCCNCc1cc(Br)ccc1OCC(C)OC. The molecule has 108 valence electrons. The summed E-state index contributed by atoms with van der Waals surface area (Å²) in [7, 11) is 3.38. The minimum absolute atomic E-state index is 0.0814. The van der Waals surface area contributed by atoms with Crippen LogP contribution < -0.4 is 10.1 Å². The monoisotopic (exact) mass is 331 g/mol. The van der Waals surface area contributed by atoms with Crippen molar-refractivity contribution in [3.8, 4) is 5.75 Å². The lowest BCUT2D eigenvalue weighted by Crippen LogP contribution is -2.20. The van der Waals surface area contributed by atoms with Crippen molar-refractivity contribution < 1.29 is 14.2 Å². The number of hydrogen-bond acceptors (Lipinski definition) is 4. The second kappa shape index (κ2) is 9.31. The predicted octanol–water partition coefficient (Wildman–Crippen LogP) is 2.60. The highest BCUT2D eigenvalue weighted by Crippen LogP contribution is 2.23. The van der Waals surface area contributed by atoms with Crippen molar-refractivity contribution in [3.05, 3.63) is 28.2 Å². The lowest BCUT2D eigenvalue weighted by molar-refractivity contribution is 0.0712. The van der Waals surface area contributed by atoms with Crippen molar-refractivity contribution in [2.24, 2.45) is 0 Å². The van der Waals surface area contributed by atoms with Crippen LogP contribution in [0.1, 0.15) is 12.5 Å². The van der Waals surface area contributed by atoms with Gasteiger partial charge < -0.3 is 19.5 Å². The molecular formula is C14H22BrNO3. The fourth-order valence-electron chi connectivity index (χ4n) is 1.50. The molecular weight excluding hydrogens is 310 g/mol. The van der Waals surface area contributed by atoms with Crippen molar-refractivity contribution >= 4 is 15.9 Å². The van der Waals surface area contributed by atoms with Crippen LogP contribution in [0.3, 0.4) is 0 Å². The molecule has 4 nitrogen and oxygen atoms in total. The second-order valence-corrected chi connectivity index (χ2v) is 5.19. The molecule has 1 atom stereocenters. The van der Waals surface area contributed by atoms with Crippen LogP contribution in [0, 0.1) is 0 Å². The van der Waals surface area contributed by atoms with E-state index < -0.39 is 0 Å². The van der Waals surface area contributed by atoms with Gasteiger partial charge in [-0.1, -0.05) is 15.9 Å². The third kappa shape index (κ3) is 6.38. The molecule has 0 radical (unpaired) electrons. The number of ether oxygens (including phenoxy) is 3. The standard InChI is InChI=1S/C14H22BrNO3/c1-11(18-3)10-19-14-5-4-13(15)8-12(14)9-16-6-7-17-2/h4-5,8,11,16H,6-7,9-10H2,1-3H3. The molecule has 0 amide bonds. The first-order valence-corrected chi connectivity index (χ1v) is 7.10. The van der Waals surface area contributed by atoms with Gasteiger partial charge in [0.1, 0.15) is 12.4 Å². The Morgan fingerprint density at radius 2 is 2.11 bits per heavy atom. The summed E-state index contributed by atoms with van der Waals surface area (Å²) in [5, 5.41) is 3.31. The molecule has 0 saturated carbocycles. The molecule has 1 rings (SSSR count). The molecule has 0 aliphatic heterocycles. The fourth-order valence-corrected chi connectivity index (χ4v) is 1.91. The summed E-state index contributed by atoms with van der Waals surface area (Å²) in [4.78, 5) is 0. The number of nitrogens with one attached hydrogen (secondary N) is 1. The highest BCUT2D eigenvalue weighted by atomic mass is 79.9. The minimum atomic E-state index is 0.0814. The van der Waals surface area contributed by atoms with Crippen molar-refractivity contribution in [1.82, 2.24) is 5.32 Å². The molecule has 1 aromatic rings. The molecule has 0 saturated heterocycles. The average molecular weight is 332 g/mol. The van der Waals surface area contributed by atoms with Gasteiger partial charge in [-0.2, -0.15) is 0 Å². The lowest BCUT2D eigenvalue weighted by atomic mass is 10.2. The molecule has 19 heavy (non-hydrogen) atoms. The first kappa shape index (κ1) is 16.4. The Balaban J connectivity index is 2.58. The summed E-state index contributed by atoms with van der Waals surface area (Å²) in [6.07, 6.45) is 0.0814. The van der Waals surface area contributed by atoms with Gasteiger partial charge >= 0.3 is 0 Å². The van der Waals surface area contributed by atoms with E-state index in [0.717, 1.165) is 28.9 Å². The summed E-state index contributed by atoms with van der Waals surface area (Å²) < 4.78 is 17.0. The van der Waals surface area contributed by atoms with Gasteiger partial charge in [-0.3, -0.25) is 0 Å². The molecule has 0 aromatic heterocycles.